The lowest BCUT2D eigenvalue weighted by molar-refractivity contribution is 0.626. The van der Waals surface area contributed by atoms with Crippen LogP contribution in [0, 0.1) is 5.82 Å². The van der Waals surface area contributed by atoms with E-state index >= 15 is 0 Å². The monoisotopic (exact) mass is 322 g/mol. The summed E-state index contributed by atoms with van der Waals surface area (Å²) in [4.78, 5) is 1.26. The zero-order chi connectivity index (χ0) is 15.8. The van der Waals surface area contributed by atoms with Crippen LogP contribution in [0.2, 0.25) is 0 Å². The Labute approximate surface area is 138 Å². The smallest absolute Gasteiger partial charge is 0.135 e. The molecule has 0 fully saturated rings. The fourth-order valence-corrected chi connectivity index (χ4v) is 3.29. The Morgan fingerprint density at radius 3 is 2.22 bits per heavy atom. The summed E-state index contributed by atoms with van der Waals surface area (Å²) in [5.74, 6) is -0.238. The highest BCUT2D eigenvalue weighted by Gasteiger charge is 2.09. The maximum absolute atomic E-state index is 13.5. The minimum atomic E-state index is -0.238. The third-order valence-corrected chi connectivity index (χ3v) is 4.81. The summed E-state index contributed by atoms with van der Waals surface area (Å²) in [6, 6.07) is 19.4. The Balaban J connectivity index is 1.75. The van der Waals surface area contributed by atoms with E-state index in [1.807, 2.05) is 6.07 Å². The highest BCUT2D eigenvalue weighted by Crippen LogP contribution is 2.30. The molecule has 3 heteroatoms. The average Bonchev–Trinajstić information content (AvgIpc) is 2.93. The van der Waals surface area contributed by atoms with Crippen LogP contribution in [0.5, 0.6) is 0 Å². The molecule has 0 aliphatic heterocycles. The predicted octanol–water partition coefficient (Wildman–Crippen LogP) is 6.04. The predicted molar refractivity (Wildman–Crippen MR) is 94.7 cm³/mol. The van der Waals surface area contributed by atoms with Gasteiger partial charge in [0.1, 0.15) is 17.0 Å². The zero-order valence-corrected chi connectivity index (χ0v) is 13.5. The van der Waals surface area contributed by atoms with Crippen LogP contribution < -0.4 is 0 Å². The van der Waals surface area contributed by atoms with E-state index in [9.17, 15) is 4.39 Å². The van der Waals surface area contributed by atoms with Crippen molar-refractivity contribution in [3.05, 3.63) is 77.6 Å². The van der Waals surface area contributed by atoms with Gasteiger partial charge in [-0.05, 0) is 66.3 Å². The largest absolute Gasteiger partial charge is 0.456 e. The number of furan rings is 1. The molecule has 0 N–H and O–H groups in total. The summed E-state index contributed by atoms with van der Waals surface area (Å²) in [7, 11) is 0. The van der Waals surface area contributed by atoms with Crippen LogP contribution in [0.25, 0.3) is 21.9 Å². The Morgan fingerprint density at radius 1 is 0.826 bits per heavy atom. The second kappa shape index (κ2) is 5.74. The minimum absolute atomic E-state index is 0.238. The van der Waals surface area contributed by atoms with E-state index in [4.69, 9.17) is 4.42 Å². The molecule has 0 unspecified atom stereocenters. The minimum Gasteiger partial charge on any atom is -0.456 e. The molecule has 0 spiro atoms. The Morgan fingerprint density at radius 2 is 1.48 bits per heavy atom. The molecule has 0 atom stereocenters. The van der Waals surface area contributed by atoms with Gasteiger partial charge in [-0.3, -0.25) is 0 Å². The van der Waals surface area contributed by atoms with Gasteiger partial charge in [0.05, 0.1) is 0 Å². The standard InChI is InChI=1S/C20H15FOS/c1-23-16-6-2-13(3-7-16)10-14-4-8-19-17(11-14)18-12-15(21)5-9-20(18)22-19/h2-9,11-12H,10H2,1H3. The molecular formula is C20H15FOS. The Bertz CT molecular complexity index is 986. The number of rotatable bonds is 3. The van der Waals surface area contributed by atoms with Gasteiger partial charge in [0.15, 0.2) is 0 Å². The van der Waals surface area contributed by atoms with Gasteiger partial charge in [-0.25, -0.2) is 4.39 Å². The average molecular weight is 322 g/mol. The van der Waals surface area contributed by atoms with E-state index in [1.54, 1.807) is 17.8 Å². The molecule has 1 aromatic heterocycles. The molecule has 0 saturated heterocycles. The lowest BCUT2D eigenvalue weighted by Gasteiger charge is -2.03. The van der Waals surface area contributed by atoms with E-state index in [1.165, 1.54) is 28.2 Å². The first-order valence-corrected chi connectivity index (χ1v) is 8.69. The molecule has 0 bridgehead atoms. The quantitative estimate of drug-likeness (QED) is 0.427. The van der Waals surface area contributed by atoms with Crippen LogP contribution in [-0.2, 0) is 6.42 Å². The van der Waals surface area contributed by atoms with Gasteiger partial charge in [0.2, 0.25) is 0 Å². The lowest BCUT2D eigenvalue weighted by atomic mass is 10.0. The first-order chi connectivity index (χ1) is 11.2. The molecule has 0 saturated carbocycles. The maximum Gasteiger partial charge on any atom is 0.135 e. The molecule has 0 radical (unpaired) electrons. The van der Waals surface area contributed by atoms with Crippen LogP contribution in [0.15, 0.2) is 70.0 Å². The molecular weight excluding hydrogens is 307 g/mol. The summed E-state index contributed by atoms with van der Waals surface area (Å²) < 4.78 is 19.3. The third kappa shape index (κ3) is 2.73. The van der Waals surface area contributed by atoms with Gasteiger partial charge in [0, 0.05) is 15.7 Å². The van der Waals surface area contributed by atoms with Crippen molar-refractivity contribution >= 4 is 33.7 Å². The van der Waals surface area contributed by atoms with Crippen molar-refractivity contribution in [3.63, 3.8) is 0 Å². The molecule has 4 rings (SSSR count). The van der Waals surface area contributed by atoms with E-state index < -0.39 is 0 Å². The lowest BCUT2D eigenvalue weighted by Crippen LogP contribution is -1.87. The van der Waals surface area contributed by atoms with Crippen LogP contribution in [0.4, 0.5) is 4.39 Å². The molecule has 1 heterocycles. The van der Waals surface area contributed by atoms with Crippen LogP contribution >= 0.6 is 11.8 Å². The molecule has 114 valence electrons. The second-order valence-corrected chi connectivity index (χ2v) is 6.48. The first-order valence-electron chi connectivity index (χ1n) is 7.46. The molecule has 23 heavy (non-hydrogen) atoms. The van der Waals surface area contributed by atoms with Gasteiger partial charge in [-0.1, -0.05) is 18.2 Å². The summed E-state index contributed by atoms with van der Waals surface area (Å²) in [6.45, 7) is 0. The fraction of sp³-hybridized carbons (Fsp3) is 0.100. The number of halogens is 1. The summed E-state index contributed by atoms with van der Waals surface area (Å²) in [5, 5.41) is 1.80. The van der Waals surface area contributed by atoms with Crippen LogP contribution in [-0.4, -0.2) is 6.26 Å². The van der Waals surface area contributed by atoms with Gasteiger partial charge in [-0.2, -0.15) is 0 Å². The maximum atomic E-state index is 13.5. The highest BCUT2D eigenvalue weighted by atomic mass is 32.2. The molecule has 0 amide bonds. The number of hydrogen-bond acceptors (Lipinski definition) is 2. The number of fused-ring (bicyclic) bond motifs is 3. The van der Waals surface area contributed by atoms with Crippen LogP contribution in [0.1, 0.15) is 11.1 Å². The van der Waals surface area contributed by atoms with E-state index in [-0.39, 0.29) is 5.82 Å². The summed E-state index contributed by atoms with van der Waals surface area (Å²) in [6.07, 6.45) is 2.93. The summed E-state index contributed by atoms with van der Waals surface area (Å²) in [5.41, 5.74) is 3.98. The molecule has 0 aliphatic rings. The Kier molecular flexibility index (Phi) is 3.58. The van der Waals surface area contributed by atoms with Gasteiger partial charge >= 0.3 is 0 Å². The van der Waals surface area contributed by atoms with E-state index in [2.05, 4.69) is 42.7 Å². The van der Waals surface area contributed by atoms with Crippen LogP contribution in [0.3, 0.4) is 0 Å². The van der Waals surface area contributed by atoms with Gasteiger partial charge < -0.3 is 4.42 Å². The first kappa shape index (κ1) is 14.3. The highest BCUT2D eigenvalue weighted by molar-refractivity contribution is 7.98. The van der Waals surface area contributed by atoms with Crippen molar-refractivity contribution in [1.82, 2.24) is 0 Å². The number of benzene rings is 3. The van der Waals surface area contributed by atoms with Crippen molar-refractivity contribution in [2.45, 2.75) is 11.3 Å². The van der Waals surface area contributed by atoms with E-state index in [0.29, 0.717) is 0 Å². The molecule has 3 aromatic carbocycles. The van der Waals surface area contributed by atoms with Crippen molar-refractivity contribution in [1.29, 1.82) is 0 Å². The topological polar surface area (TPSA) is 13.1 Å². The molecule has 4 aromatic rings. The fourth-order valence-electron chi connectivity index (χ4n) is 2.89. The van der Waals surface area contributed by atoms with Crippen molar-refractivity contribution in [2.24, 2.45) is 0 Å². The Hall–Kier alpha value is -2.26. The van der Waals surface area contributed by atoms with Crippen molar-refractivity contribution in [3.8, 4) is 0 Å². The normalized spacial score (nSPS) is 11.4. The van der Waals surface area contributed by atoms with Gasteiger partial charge in [0.25, 0.3) is 0 Å². The number of hydrogen-bond donors (Lipinski definition) is 0. The van der Waals surface area contributed by atoms with Crippen molar-refractivity contribution < 1.29 is 8.81 Å². The SMILES string of the molecule is CSc1ccc(Cc2ccc3oc4ccc(F)cc4c3c2)cc1. The number of thioether (sulfide) groups is 1. The second-order valence-electron chi connectivity index (χ2n) is 5.60. The van der Waals surface area contributed by atoms with Crippen molar-refractivity contribution in [2.75, 3.05) is 6.26 Å². The molecule has 1 nitrogen and oxygen atoms in total. The van der Waals surface area contributed by atoms with E-state index in [0.717, 1.165) is 28.4 Å². The zero-order valence-electron chi connectivity index (χ0n) is 12.7. The van der Waals surface area contributed by atoms with Gasteiger partial charge in [-0.15, -0.1) is 11.8 Å². The third-order valence-electron chi connectivity index (χ3n) is 4.06. The molecule has 0 aliphatic carbocycles. The summed E-state index contributed by atoms with van der Waals surface area (Å²) >= 11 is 1.74.